The normalized spacial score (nSPS) is 14.8. The number of hydrogen-bond donors (Lipinski definition) is 1. The SMILES string of the molecule is CCC(C(=O)NC1CCCC1)N(Cc1ccc(OC)cc1)C(=O)CN(c1ccccc1C)S(C)(=O)=O. The van der Waals surface area contributed by atoms with Crippen LogP contribution in [0.1, 0.15) is 50.2 Å². The van der Waals surface area contributed by atoms with Crippen LogP contribution in [0.25, 0.3) is 0 Å². The first-order chi connectivity index (χ1) is 17.1. The van der Waals surface area contributed by atoms with Gasteiger partial charge in [-0.3, -0.25) is 13.9 Å². The van der Waals surface area contributed by atoms with Crippen molar-refractivity contribution in [3.05, 3.63) is 59.7 Å². The van der Waals surface area contributed by atoms with Crippen LogP contribution in [-0.4, -0.2) is 57.1 Å². The Morgan fingerprint density at radius 1 is 1.08 bits per heavy atom. The van der Waals surface area contributed by atoms with Crippen molar-refractivity contribution < 1.29 is 22.7 Å². The highest BCUT2D eigenvalue weighted by molar-refractivity contribution is 7.92. The number of anilines is 1. The number of para-hydroxylation sites is 1. The van der Waals surface area contributed by atoms with Gasteiger partial charge in [-0.1, -0.05) is 50.1 Å². The highest BCUT2D eigenvalue weighted by atomic mass is 32.2. The average Bonchev–Trinajstić information content (AvgIpc) is 3.35. The third-order valence-electron chi connectivity index (χ3n) is 6.66. The molecule has 1 N–H and O–H groups in total. The first-order valence-corrected chi connectivity index (χ1v) is 14.2. The summed E-state index contributed by atoms with van der Waals surface area (Å²) < 4.78 is 31.8. The molecule has 0 aromatic heterocycles. The van der Waals surface area contributed by atoms with Gasteiger partial charge in [0, 0.05) is 12.6 Å². The van der Waals surface area contributed by atoms with Crippen LogP contribution in [-0.2, 0) is 26.2 Å². The van der Waals surface area contributed by atoms with Crippen LogP contribution in [0.2, 0.25) is 0 Å². The van der Waals surface area contributed by atoms with Crippen LogP contribution in [0.4, 0.5) is 5.69 Å². The molecule has 1 unspecified atom stereocenters. The molecule has 2 aromatic carbocycles. The molecule has 0 saturated heterocycles. The van der Waals surface area contributed by atoms with Gasteiger partial charge in [0.1, 0.15) is 18.3 Å². The van der Waals surface area contributed by atoms with Gasteiger partial charge in [-0.15, -0.1) is 0 Å². The summed E-state index contributed by atoms with van der Waals surface area (Å²) in [7, 11) is -2.17. The van der Waals surface area contributed by atoms with E-state index < -0.39 is 28.5 Å². The molecular formula is C27H37N3O5S. The van der Waals surface area contributed by atoms with E-state index in [1.54, 1.807) is 44.4 Å². The van der Waals surface area contributed by atoms with Gasteiger partial charge in [0.05, 0.1) is 19.1 Å². The zero-order chi connectivity index (χ0) is 26.3. The minimum absolute atomic E-state index is 0.115. The predicted octanol–water partition coefficient (Wildman–Crippen LogP) is 3.64. The van der Waals surface area contributed by atoms with Gasteiger partial charge < -0.3 is 15.0 Å². The Labute approximate surface area is 214 Å². The fourth-order valence-electron chi connectivity index (χ4n) is 4.65. The molecule has 196 valence electrons. The van der Waals surface area contributed by atoms with Crippen molar-refractivity contribution in [2.24, 2.45) is 0 Å². The maximum Gasteiger partial charge on any atom is 0.244 e. The third kappa shape index (κ3) is 7.00. The number of methoxy groups -OCH3 is 1. The van der Waals surface area contributed by atoms with E-state index in [9.17, 15) is 18.0 Å². The van der Waals surface area contributed by atoms with Crippen molar-refractivity contribution in [2.75, 3.05) is 24.2 Å². The molecule has 8 nitrogen and oxygen atoms in total. The van der Waals surface area contributed by atoms with E-state index in [0.29, 0.717) is 17.9 Å². The average molecular weight is 516 g/mol. The molecular weight excluding hydrogens is 478 g/mol. The number of hydrogen-bond acceptors (Lipinski definition) is 5. The minimum atomic E-state index is -3.75. The first kappa shape index (κ1) is 27.5. The first-order valence-electron chi connectivity index (χ1n) is 12.4. The Bertz CT molecular complexity index is 1140. The number of carbonyl (C=O) groups excluding carboxylic acids is 2. The smallest absolute Gasteiger partial charge is 0.244 e. The number of carbonyl (C=O) groups is 2. The highest BCUT2D eigenvalue weighted by Crippen LogP contribution is 2.24. The lowest BCUT2D eigenvalue weighted by molar-refractivity contribution is -0.140. The second-order valence-electron chi connectivity index (χ2n) is 9.34. The molecule has 2 amide bonds. The molecule has 1 saturated carbocycles. The molecule has 1 atom stereocenters. The lowest BCUT2D eigenvalue weighted by atomic mass is 10.1. The fraction of sp³-hybridized carbons (Fsp3) is 0.481. The van der Waals surface area contributed by atoms with E-state index in [-0.39, 0.29) is 18.5 Å². The molecule has 0 aliphatic heterocycles. The quantitative estimate of drug-likeness (QED) is 0.493. The number of nitrogens with one attached hydrogen (secondary N) is 1. The predicted molar refractivity (Wildman–Crippen MR) is 141 cm³/mol. The van der Waals surface area contributed by atoms with Crippen molar-refractivity contribution in [1.29, 1.82) is 0 Å². The van der Waals surface area contributed by atoms with Crippen molar-refractivity contribution in [1.82, 2.24) is 10.2 Å². The Hall–Kier alpha value is -3.07. The number of amides is 2. The van der Waals surface area contributed by atoms with E-state index in [2.05, 4.69) is 5.32 Å². The van der Waals surface area contributed by atoms with Crippen LogP contribution in [0.3, 0.4) is 0 Å². The van der Waals surface area contributed by atoms with Gasteiger partial charge >= 0.3 is 0 Å². The number of aryl methyl sites for hydroxylation is 1. The number of ether oxygens (including phenoxy) is 1. The van der Waals surface area contributed by atoms with Gasteiger partial charge in [0.15, 0.2) is 0 Å². The summed E-state index contributed by atoms with van der Waals surface area (Å²) in [6.45, 7) is 3.44. The number of sulfonamides is 1. The van der Waals surface area contributed by atoms with Gasteiger partial charge in [-0.2, -0.15) is 0 Å². The molecule has 9 heteroatoms. The topological polar surface area (TPSA) is 96.0 Å². The molecule has 0 heterocycles. The molecule has 3 rings (SSSR count). The molecule has 0 radical (unpaired) electrons. The largest absolute Gasteiger partial charge is 0.497 e. The number of benzene rings is 2. The van der Waals surface area contributed by atoms with E-state index in [0.717, 1.165) is 47.4 Å². The van der Waals surface area contributed by atoms with Gasteiger partial charge in [-0.25, -0.2) is 8.42 Å². The van der Waals surface area contributed by atoms with Gasteiger partial charge in [0.25, 0.3) is 0 Å². The summed E-state index contributed by atoms with van der Waals surface area (Å²) in [6, 6.07) is 13.7. The Morgan fingerprint density at radius 3 is 2.28 bits per heavy atom. The molecule has 2 aromatic rings. The Balaban J connectivity index is 1.92. The van der Waals surface area contributed by atoms with Crippen LogP contribution in [0, 0.1) is 6.92 Å². The van der Waals surface area contributed by atoms with E-state index >= 15 is 0 Å². The summed E-state index contributed by atoms with van der Waals surface area (Å²) in [5.41, 5.74) is 2.00. The lowest BCUT2D eigenvalue weighted by Crippen LogP contribution is -2.53. The van der Waals surface area contributed by atoms with E-state index in [4.69, 9.17) is 4.74 Å². The van der Waals surface area contributed by atoms with Gasteiger partial charge in [0.2, 0.25) is 21.8 Å². The highest BCUT2D eigenvalue weighted by Gasteiger charge is 2.33. The van der Waals surface area contributed by atoms with Crippen molar-refractivity contribution in [2.45, 2.75) is 64.6 Å². The summed E-state index contributed by atoms with van der Waals surface area (Å²) in [4.78, 5) is 28.6. The molecule has 1 aliphatic carbocycles. The zero-order valence-electron chi connectivity index (χ0n) is 21.6. The lowest BCUT2D eigenvalue weighted by Gasteiger charge is -2.33. The summed E-state index contributed by atoms with van der Waals surface area (Å²) in [6.07, 6.45) is 5.52. The molecule has 0 spiro atoms. The molecule has 0 bridgehead atoms. The summed E-state index contributed by atoms with van der Waals surface area (Å²) >= 11 is 0. The van der Waals surface area contributed by atoms with E-state index in [1.165, 1.54) is 4.90 Å². The fourth-order valence-corrected chi connectivity index (χ4v) is 5.56. The second kappa shape index (κ2) is 12.3. The van der Waals surface area contributed by atoms with Crippen LogP contribution in [0.5, 0.6) is 5.75 Å². The number of rotatable bonds is 11. The van der Waals surface area contributed by atoms with Crippen LogP contribution >= 0.6 is 0 Å². The maximum absolute atomic E-state index is 13.8. The minimum Gasteiger partial charge on any atom is -0.497 e. The second-order valence-corrected chi connectivity index (χ2v) is 11.2. The van der Waals surface area contributed by atoms with Crippen molar-refractivity contribution in [3.63, 3.8) is 0 Å². The Kier molecular flexibility index (Phi) is 9.37. The van der Waals surface area contributed by atoms with Crippen molar-refractivity contribution >= 4 is 27.5 Å². The van der Waals surface area contributed by atoms with Gasteiger partial charge in [-0.05, 0) is 55.5 Å². The standard InChI is InChI=1S/C27H37N3O5S/c1-5-24(27(32)28-22-11-7-8-12-22)29(18-21-14-16-23(35-3)17-15-21)26(31)19-30(36(4,33)34)25-13-9-6-10-20(25)2/h6,9-10,13-17,22,24H,5,7-8,11-12,18-19H2,1-4H3,(H,28,32). The summed E-state index contributed by atoms with van der Waals surface area (Å²) in [5.74, 6) is 0.0476. The Morgan fingerprint density at radius 2 is 1.72 bits per heavy atom. The van der Waals surface area contributed by atoms with Crippen LogP contribution < -0.4 is 14.4 Å². The monoisotopic (exact) mass is 515 g/mol. The summed E-state index contributed by atoms with van der Waals surface area (Å²) in [5, 5.41) is 3.11. The molecule has 1 aliphatic rings. The number of nitrogens with zero attached hydrogens (tertiary/aromatic N) is 2. The third-order valence-corrected chi connectivity index (χ3v) is 7.79. The van der Waals surface area contributed by atoms with Crippen molar-refractivity contribution in [3.8, 4) is 5.75 Å². The zero-order valence-corrected chi connectivity index (χ0v) is 22.4. The van der Waals surface area contributed by atoms with E-state index in [1.807, 2.05) is 25.1 Å². The molecule has 1 fully saturated rings. The maximum atomic E-state index is 13.8. The molecule has 36 heavy (non-hydrogen) atoms. The van der Waals surface area contributed by atoms with Crippen LogP contribution in [0.15, 0.2) is 48.5 Å².